The molecule has 2 fully saturated rings. The van der Waals surface area contributed by atoms with Crippen molar-refractivity contribution in [3.8, 4) is 11.4 Å². The Morgan fingerprint density at radius 3 is 2.38 bits per heavy atom. The smallest absolute Gasteiger partial charge is 0.174 e. The highest BCUT2D eigenvalue weighted by atomic mass is 32.1. The molecular formula is C31H33N5O2S. The monoisotopic (exact) mass is 539 g/mol. The number of methoxy groups -OCH3 is 1. The average Bonchev–Trinajstić information content (AvgIpc) is 3.48. The zero-order valence-corrected chi connectivity index (χ0v) is 23.3. The van der Waals surface area contributed by atoms with Crippen LogP contribution in [0.3, 0.4) is 0 Å². The Kier molecular flexibility index (Phi) is 6.97. The SMILES string of the molecule is COc1ccccc1N1C(=S)N[C@H](c2ccccn2)[C@H]1c1cc(C)n(-c2ccc(N3CCOCC3)cc2)c1C. The molecule has 1 N–H and O–H groups in total. The fourth-order valence-corrected chi connectivity index (χ4v) is 6.22. The molecule has 39 heavy (non-hydrogen) atoms. The van der Waals surface area contributed by atoms with Gasteiger partial charge in [-0.25, -0.2) is 0 Å². The van der Waals surface area contributed by atoms with Gasteiger partial charge in [-0.2, -0.15) is 0 Å². The maximum absolute atomic E-state index is 5.95. The van der Waals surface area contributed by atoms with Crippen molar-refractivity contribution in [2.75, 3.05) is 43.2 Å². The summed E-state index contributed by atoms with van der Waals surface area (Å²) in [5.41, 5.74) is 7.77. The van der Waals surface area contributed by atoms with E-state index in [-0.39, 0.29) is 12.1 Å². The number of nitrogens with one attached hydrogen (secondary N) is 1. The Labute approximate surface area is 235 Å². The molecule has 2 aromatic carbocycles. The van der Waals surface area contributed by atoms with E-state index >= 15 is 0 Å². The molecule has 0 amide bonds. The summed E-state index contributed by atoms with van der Waals surface area (Å²) >= 11 is 5.95. The van der Waals surface area contributed by atoms with Gasteiger partial charge in [-0.05, 0) is 86.2 Å². The number of rotatable bonds is 6. The lowest BCUT2D eigenvalue weighted by Crippen LogP contribution is -2.36. The number of pyridine rings is 1. The molecule has 0 saturated carbocycles. The first-order chi connectivity index (χ1) is 19.1. The number of hydrogen-bond donors (Lipinski definition) is 1. The first-order valence-electron chi connectivity index (χ1n) is 13.3. The molecule has 4 aromatic rings. The minimum atomic E-state index is -0.124. The Hall–Kier alpha value is -3.88. The Morgan fingerprint density at radius 1 is 0.949 bits per heavy atom. The molecule has 7 nitrogen and oxygen atoms in total. The molecule has 6 rings (SSSR count). The minimum Gasteiger partial charge on any atom is -0.495 e. The van der Waals surface area contributed by atoms with E-state index in [4.69, 9.17) is 26.7 Å². The largest absolute Gasteiger partial charge is 0.495 e. The number of anilines is 2. The van der Waals surface area contributed by atoms with E-state index in [1.165, 1.54) is 22.6 Å². The van der Waals surface area contributed by atoms with E-state index < -0.39 is 0 Å². The van der Waals surface area contributed by atoms with Crippen LogP contribution in [-0.2, 0) is 4.74 Å². The van der Waals surface area contributed by atoms with Gasteiger partial charge >= 0.3 is 0 Å². The zero-order valence-electron chi connectivity index (χ0n) is 22.5. The summed E-state index contributed by atoms with van der Waals surface area (Å²) in [6.45, 7) is 7.75. The van der Waals surface area contributed by atoms with E-state index in [1.807, 2.05) is 36.5 Å². The summed E-state index contributed by atoms with van der Waals surface area (Å²) in [4.78, 5) is 9.27. The molecule has 2 aliphatic heterocycles. The number of nitrogens with zero attached hydrogens (tertiary/aromatic N) is 4. The van der Waals surface area contributed by atoms with Crippen LogP contribution in [-0.4, -0.2) is 48.1 Å². The number of aromatic nitrogens is 2. The quantitative estimate of drug-likeness (QED) is 0.324. The van der Waals surface area contributed by atoms with E-state index in [1.54, 1.807) is 7.11 Å². The normalized spacial score (nSPS) is 19.3. The summed E-state index contributed by atoms with van der Waals surface area (Å²) in [6.07, 6.45) is 1.84. The Bertz CT molecular complexity index is 1460. The van der Waals surface area contributed by atoms with Gasteiger partial charge in [-0.1, -0.05) is 18.2 Å². The van der Waals surface area contributed by atoms with Gasteiger partial charge in [0.05, 0.1) is 43.8 Å². The minimum absolute atomic E-state index is 0.115. The maximum atomic E-state index is 5.95. The molecule has 2 atom stereocenters. The van der Waals surface area contributed by atoms with Crippen LogP contribution in [0.4, 0.5) is 11.4 Å². The molecule has 0 bridgehead atoms. The summed E-state index contributed by atoms with van der Waals surface area (Å²) in [5, 5.41) is 4.23. The summed E-state index contributed by atoms with van der Waals surface area (Å²) < 4.78 is 13.6. The van der Waals surface area contributed by atoms with E-state index in [9.17, 15) is 0 Å². The van der Waals surface area contributed by atoms with E-state index in [0.29, 0.717) is 5.11 Å². The molecule has 2 saturated heterocycles. The number of benzene rings is 2. The van der Waals surface area contributed by atoms with Gasteiger partial charge in [-0.15, -0.1) is 0 Å². The van der Waals surface area contributed by atoms with Crippen LogP contribution >= 0.6 is 12.2 Å². The van der Waals surface area contributed by atoms with Crippen molar-refractivity contribution in [3.05, 3.63) is 102 Å². The van der Waals surface area contributed by atoms with Crippen LogP contribution in [0.5, 0.6) is 5.75 Å². The fourth-order valence-electron chi connectivity index (χ4n) is 5.88. The molecule has 200 valence electrons. The number of morpholine rings is 1. The first-order valence-corrected chi connectivity index (χ1v) is 13.7. The standard InChI is InChI=1S/C31H33N5O2S/c1-21-20-25(22(2)35(21)24-13-11-23(12-14-24)34-16-18-38-19-17-34)30-29(26-8-6-7-15-32-26)33-31(39)36(30)27-9-4-5-10-28(27)37-3/h4-15,20,29-30H,16-19H2,1-3H3,(H,33,39)/t29-,30-/m1/s1. The van der Waals surface area contributed by atoms with Crippen LogP contribution < -0.4 is 19.9 Å². The van der Waals surface area contributed by atoms with Crippen molar-refractivity contribution in [3.63, 3.8) is 0 Å². The zero-order chi connectivity index (χ0) is 26.9. The van der Waals surface area contributed by atoms with Crippen LogP contribution in [0.2, 0.25) is 0 Å². The molecule has 4 heterocycles. The van der Waals surface area contributed by atoms with Crippen molar-refractivity contribution in [2.45, 2.75) is 25.9 Å². The highest BCUT2D eigenvalue weighted by molar-refractivity contribution is 7.80. The lowest BCUT2D eigenvalue weighted by Gasteiger charge is -2.29. The third-order valence-electron chi connectivity index (χ3n) is 7.72. The molecule has 0 aliphatic carbocycles. The van der Waals surface area contributed by atoms with E-state index in [0.717, 1.165) is 49.1 Å². The molecule has 2 aliphatic rings. The van der Waals surface area contributed by atoms with Gasteiger partial charge in [0, 0.05) is 42.0 Å². The second kappa shape index (κ2) is 10.7. The molecule has 0 radical (unpaired) electrons. The Balaban J connectivity index is 1.43. The number of thiocarbonyl (C=S) groups is 1. The van der Waals surface area contributed by atoms with E-state index in [2.05, 4.69) is 76.0 Å². The van der Waals surface area contributed by atoms with Crippen LogP contribution in [0.25, 0.3) is 5.69 Å². The molecule has 2 aromatic heterocycles. The first kappa shape index (κ1) is 25.4. The second-order valence-electron chi connectivity index (χ2n) is 9.95. The third kappa shape index (κ3) is 4.64. The summed E-state index contributed by atoms with van der Waals surface area (Å²) in [7, 11) is 1.70. The van der Waals surface area contributed by atoms with Gasteiger partial charge in [0.2, 0.25) is 0 Å². The predicted octanol–water partition coefficient (Wildman–Crippen LogP) is 5.51. The topological polar surface area (TPSA) is 54.8 Å². The maximum Gasteiger partial charge on any atom is 0.174 e. The summed E-state index contributed by atoms with van der Waals surface area (Å²) in [5.74, 6) is 0.779. The van der Waals surface area contributed by atoms with Crippen molar-refractivity contribution in [1.82, 2.24) is 14.9 Å². The van der Waals surface area contributed by atoms with Gasteiger partial charge < -0.3 is 29.2 Å². The van der Waals surface area contributed by atoms with Gasteiger partial charge in [0.1, 0.15) is 5.75 Å². The Morgan fingerprint density at radius 2 is 1.67 bits per heavy atom. The highest BCUT2D eigenvalue weighted by Crippen LogP contribution is 2.46. The molecule has 0 spiro atoms. The molecule has 0 unspecified atom stereocenters. The van der Waals surface area contributed by atoms with Crippen LogP contribution in [0.1, 0.15) is 34.7 Å². The van der Waals surface area contributed by atoms with Crippen molar-refractivity contribution < 1.29 is 9.47 Å². The van der Waals surface area contributed by atoms with Crippen LogP contribution in [0, 0.1) is 13.8 Å². The summed E-state index contributed by atoms with van der Waals surface area (Å²) in [6, 6.07) is 24.9. The second-order valence-corrected chi connectivity index (χ2v) is 10.3. The number of ether oxygens (including phenoxy) is 2. The van der Waals surface area contributed by atoms with Gasteiger partial charge in [-0.3, -0.25) is 4.98 Å². The third-order valence-corrected chi connectivity index (χ3v) is 8.03. The van der Waals surface area contributed by atoms with Gasteiger partial charge in [0.25, 0.3) is 0 Å². The number of para-hydroxylation sites is 2. The molecule has 8 heteroatoms. The predicted molar refractivity (Wildman–Crippen MR) is 159 cm³/mol. The van der Waals surface area contributed by atoms with Crippen LogP contribution in [0.15, 0.2) is 79.0 Å². The fraction of sp³-hybridized carbons (Fsp3) is 0.290. The van der Waals surface area contributed by atoms with Crippen molar-refractivity contribution >= 4 is 28.7 Å². The highest BCUT2D eigenvalue weighted by Gasteiger charge is 2.43. The van der Waals surface area contributed by atoms with Crippen molar-refractivity contribution in [1.29, 1.82) is 0 Å². The number of hydrogen-bond acceptors (Lipinski definition) is 5. The number of aryl methyl sites for hydroxylation is 1. The average molecular weight is 540 g/mol. The molecular weight excluding hydrogens is 506 g/mol. The van der Waals surface area contributed by atoms with Crippen molar-refractivity contribution in [2.24, 2.45) is 0 Å². The lowest BCUT2D eigenvalue weighted by molar-refractivity contribution is 0.122. The van der Waals surface area contributed by atoms with Gasteiger partial charge in [0.15, 0.2) is 5.11 Å². The lowest BCUT2D eigenvalue weighted by atomic mass is 9.96.